The summed E-state index contributed by atoms with van der Waals surface area (Å²) in [6.45, 7) is 0.183. The number of carbonyl (C=O) groups is 4. The van der Waals surface area contributed by atoms with Gasteiger partial charge in [-0.1, -0.05) is 0 Å². The molecule has 0 atom stereocenters. The van der Waals surface area contributed by atoms with E-state index in [-0.39, 0.29) is 56.1 Å². The van der Waals surface area contributed by atoms with Crippen molar-refractivity contribution >= 4 is 23.8 Å². The van der Waals surface area contributed by atoms with Gasteiger partial charge in [-0.3, -0.25) is 19.2 Å². The Hall–Kier alpha value is -2.12. The van der Waals surface area contributed by atoms with Crippen molar-refractivity contribution in [3.63, 3.8) is 0 Å². The molecule has 2 amide bonds. The molecular formula is C21H30N2O6. The molecule has 1 saturated heterocycles. The zero-order valence-corrected chi connectivity index (χ0v) is 16.7. The first-order valence-electron chi connectivity index (χ1n) is 10.8. The molecule has 4 aliphatic carbocycles. The Morgan fingerprint density at radius 1 is 0.828 bits per heavy atom. The van der Waals surface area contributed by atoms with E-state index in [1.807, 2.05) is 0 Å². The highest BCUT2D eigenvalue weighted by Gasteiger charge is 2.52. The molecule has 0 spiro atoms. The summed E-state index contributed by atoms with van der Waals surface area (Å²) in [5, 5.41) is 21.8. The van der Waals surface area contributed by atoms with Gasteiger partial charge in [-0.25, -0.2) is 0 Å². The average Bonchev–Trinajstić information content (AvgIpc) is 2.64. The van der Waals surface area contributed by atoms with Crippen LogP contribution in [0.3, 0.4) is 0 Å². The van der Waals surface area contributed by atoms with Gasteiger partial charge in [-0.05, 0) is 69.1 Å². The summed E-state index contributed by atoms with van der Waals surface area (Å²) in [7, 11) is 0. The summed E-state index contributed by atoms with van der Waals surface area (Å²) in [6.07, 6.45) is 7.09. The minimum atomic E-state index is -1.81. The lowest BCUT2D eigenvalue weighted by atomic mass is 9.53. The smallest absolute Gasteiger partial charge is 0.321 e. The standard InChI is InChI=1S/C21H30N2O6/c24-16(22-20-10-13-7-14(11-20)9-15(8-13)12-20)1-2-17(25)23-5-3-21(4-6-23,18(26)27)19(28)29/h13-15H,1-12H2,(H,22,24)(H,26,27)(H,28,29). The first-order chi connectivity index (χ1) is 13.7. The topological polar surface area (TPSA) is 124 Å². The summed E-state index contributed by atoms with van der Waals surface area (Å²) in [4.78, 5) is 49.3. The van der Waals surface area contributed by atoms with Crippen molar-refractivity contribution in [2.24, 2.45) is 23.2 Å². The number of hydrogen-bond donors (Lipinski definition) is 3. The van der Waals surface area contributed by atoms with Crippen LogP contribution in [0.4, 0.5) is 0 Å². The number of piperidine rings is 1. The van der Waals surface area contributed by atoms with Gasteiger partial charge in [0.1, 0.15) is 0 Å². The Morgan fingerprint density at radius 2 is 1.31 bits per heavy atom. The highest BCUT2D eigenvalue weighted by molar-refractivity contribution is 5.98. The third kappa shape index (κ3) is 3.73. The number of amides is 2. The second-order valence-electron chi connectivity index (χ2n) is 9.82. The van der Waals surface area contributed by atoms with Gasteiger partial charge in [0, 0.05) is 31.5 Å². The highest BCUT2D eigenvalue weighted by Crippen LogP contribution is 2.55. The monoisotopic (exact) mass is 406 g/mol. The molecule has 29 heavy (non-hydrogen) atoms. The maximum absolute atomic E-state index is 12.6. The van der Waals surface area contributed by atoms with Crippen LogP contribution in [0.15, 0.2) is 0 Å². The van der Waals surface area contributed by atoms with E-state index in [0.29, 0.717) is 0 Å². The van der Waals surface area contributed by atoms with Crippen molar-refractivity contribution < 1.29 is 29.4 Å². The zero-order chi connectivity index (χ0) is 20.8. The molecule has 4 bridgehead atoms. The molecule has 5 rings (SSSR count). The summed E-state index contributed by atoms with van der Waals surface area (Å²) >= 11 is 0. The van der Waals surface area contributed by atoms with Gasteiger partial charge in [0.25, 0.3) is 0 Å². The van der Waals surface area contributed by atoms with Crippen LogP contribution in [0, 0.1) is 23.2 Å². The SMILES string of the molecule is O=C(CCC(=O)N1CCC(C(=O)O)(C(=O)O)CC1)NC12CC3CC(CC(C3)C1)C2. The summed E-state index contributed by atoms with van der Waals surface area (Å²) < 4.78 is 0. The van der Waals surface area contributed by atoms with E-state index in [1.54, 1.807) is 0 Å². The van der Waals surface area contributed by atoms with Crippen LogP contribution < -0.4 is 5.32 Å². The normalized spacial score (nSPS) is 34.6. The Bertz CT molecular complexity index is 673. The van der Waals surface area contributed by atoms with Crippen LogP contribution >= 0.6 is 0 Å². The van der Waals surface area contributed by atoms with E-state index in [2.05, 4.69) is 5.32 Å². The molecule has 8 heteroatoms. The van der Waals surface area contributed by atoms with Gasteiger partial charge in [0.2, 0.25) is 11.8 Å². The minimum absolute atomic E-state index is 0.0669. The van der Waals surface area contributed by atoms with Crippen molar-refractivity contribution in [2.45, 2.75) is 69.7 Å². The van der Waals surface area contributed by atoms with Crippen molar-refractivity contribution in [3.8, 4) is 0 Å². The lowest BCUT2D eigenvalue weighted by Gasteiger charge is -2.56. The number of nitrogens with one attached hydrogen (secondary N) is 1. The van der Waals surface area contributed by atoms with Crippen molar-refractivity contribution in [3.05, 3.63) is 0 Å². The Balaban J connectivity index is 1.26. The van der Waals surface area contributed by atoms with Crippen LogP contribution in [-0.4, -0.2) is 57.5 Å². The molecular weight excluding hydrogens is 376 g/mol. The summed E-state index contributed by atoms with van der Waals surface area (Å²) in [6, 6.07) is 0. The van der Waals surface area contributed by atoms with Crippen LogP contribution in [0.1, 0.15) is 64.2 Å². The Morgan fingerprint density at radius 3 is 1.76 bits per heavy atom. The van der Waals surface area contributed by atoms with Crippen LogP contribution in [0.2, 0.25) is 0 Å². The minimum Gasteiger partial charge on any atom is -0.480 e. The molecule has 3 N–H and O–H groups in total. The summed E-state index contributed by atoms with van der Waals surface area (Å²) in [5.41, 5.74) is -1.88. The quantitative estimate of drug-likeness (QED) is 0.576. The Labute approximate surface area is 170 Å². The molecule has 0 unspecified atom stereocenters. The summed E-state index contributed by atoms with van der Waals surface area (Å²) in [5.74, 6) is -0.794. The van der Waals surface area contributed by atoms with Crippen LogP contribution in [0.5, 0.6) is 0 Å². The van der Waals surface area contributed by atoms with Gasteiger partial charge in [-0.2, -0.15) is 0 Å². The number of carboxylic acid groups (broad SMARTS) is 2. The number of hydrogen-bond acceptors (Lipinski definition) is 4. The van der Waals surface area contributed by atoms with Crippen molar-refractivity contribution in [1.29, 1.82) is 0 Å². The fraction of sp³-hybridized carbons (Fsp3) is 0.810. The van der Waals surface area contributed by atoms with Gasteiger partial charge in [0.15, 0.2) is 5.41 Å². The fourth-order valence-electron chi connectivity index (χ4n) is 6.66. The molecule has 0 aromatic rings. The second-order valence-corrected chi connectivity index (χ2v) is 9.82. The lowest BCUT2D eigenvalue weighted by molar-refractivity contribution is -0.169. The molecule has 1 aliphatic heterocycles. The molecule has 0 aromatic carbocycles. The fourth-order valence-corrected chi connectivity index (χ4v) is 6.66. The van der Waals surface area contributed by atoms with Gasteiger partial charge >= 0.3 is 11.9 Å². The number of carbonyl (C=O) groups excluding carboxylic acids is 2. The zero-order valence-electron chi connectivity index (χ0n) is 16.7. The van der Waals surface area contributed by atoms with E-state index < -0.39 is 17.4 Å². The number of aliphatic carboxylic acids is 2. The molecule has 0 aromatic heterocycles. The molecule has 8 nitrogen and oxygen atoms in total. The molecule has 5 aliphatic rings. The van der Waals surface area contributed by atoms with Crippen molar-refractivity contribution in [1.82, 2.24) is 10.2 Å². The molecule has 5 fully saturated rings. The van der Waals surface area contributed by atoms with Gasteiger partial charge in [-0.15, -0.1) is 0 Å². The number of likely N-dealkylation sites (tertiary alicyclic amines) is 1. The second kappa shape index (κ2) is 7.29. The maximum atomic E-state index is 12.6. The predicted molar refractivity (Wildman–Crippen MR) is 102 cm³/mol. The molecule has 4 saturated carbocycles. The lowest BCUT2D eigenvalue weighted by Crippen LogP contribution is -2.59. The maximum Gasteiger partial charge on any atom is 0.321 e. The first kappa shape index (κ1) is 20.2. The van der Waals surface area contributed by atoms with Crippen LogP contribution in [-0.2, 0) is 19.2 Å². The van der Waals surface area contributed by atoms with Gasteiger partial charge < -0.3 is 20.4 Å². The molecule has 1 heterocycles. The third-order valence-corrected chi connectivity index (χ3v) is 7.80. The highest BCUT2D eigenvalue weighted by atomic mass is 16.4. The number of nitrogens with zero attached hydrogens (tertiary/aromatic N) is 1. The molecule has 0 radical (unpaired) electrons. The van der Waals surface area contributed by atoms with E-state index in [0.717, 1.165) is 37.0 Å². The number of carboxylic acids is 2. The van der Waals surface area contributed by atoms with Crippen molar-refractivity contribution in [2.75, 3.05) is 13.1 Å². The third-order valence-electron chi connectivity index (χ3n) is 7.80. The molecule has 160 valence electrons. The number of rotatable bonds is 6. The first-order valence-corrected chi connectivity index (χ1v) is 10.8. The van der Waals surface area contributed by atoms with Crippen LogP contribution in [0.25, 0.3) is 0 Å². The average molecular weight is 406 g/mol. The van der Waals surface area contributed by atoms with E-state index >= 15 is 0 Å². The van der Waals surface area contributed by atoms with E-state index in [9.17, 15) is 29.4 Å². The largest absolute Gasteiger partial charge is 0.480 e. The van der Waals surface area contributed by atoms with Gasteiger partial charge in [0.05, 0.1) is 0 Å². The van der Waals surface area contributed by atoms with E-state index in [4.69, 9.17) is 0 Å². The van der Waals surface area contributed by atoms with E-state index in [1.165, 1.54) is 24.2 Å². The predicted octanol–water partition coefficient (Wildman–Crippen LogP) is 1.63. The Kier molecular flexibility index (Phi) is 5.07.